The third kappa shape index (κ3) is 6.73. The predicted octanol–water partition coefficient (Wildman–Crippen LogP) is 6.06. The average molecular weight is 493 g/mol. The van der Waals surface area contributed by atoms with Crippen molar-refractivity contribution in [3.63, 3.8) is 0 Å². The molecule has 6 heteroatoms. The average Bonchev–Trinajstić information content (AvgIpc) is 2.78. The van der Waals surface area contributed by atoms with Crippen LogP contribution in [0.1, 0.15) is 71.9 Å². The second-order valence-electron chi connectivity index (χ2n) is 10.3. The van der Waals surface area contributed by atoms with E-state index in [0.717, 1.165) is 22.3 Å². The number of carbonyl (C=O) groups excluding carboxylic acids is 1. The van der Waals surface area contributed by atoms with E-state index in [1.54, 1.807) is 24.3 Å². The fourth-order valence-corrected chi connectivity index (χ4v) is 4.87. The number of sulfonamides is 1. The number of hydrogen-bond acceptors (Lipinski definition) is 3. The molecule has 0 spiro atoms. The molecule has 0 unspecified atom stereocenters. The molecule has 0 aliphatic rings. The first-order valence-electron chi connectivity index (χ1n) is 11.8. The molecule has 0 saturated carbocycles. The van der Waals surface area contributed by atoms with Crippen LogP contribution in [0.15, 0.2) is 66.7 Å². The fraction of sp³-hybridized carbons (Fsp3) is 0.345. The van der Waals surface area contributed by atoms with Crippen LogP contribution in [0.4, 0.5) is 5.69 Å². The monoisotopic (exact) mass is 492 g/mol. The lowest BCUT2D eigenvalue weighted by Gasteiger charge is -2.25. The molecule has 186 valence electrons. The molecule has 0 aliphatic heterocycles. The summed E-state index contributed by atoms with van der Waals surface area (Å²) < 4.78 is 26.5. The number of aryl methyl sites for hydroxylation is 2. The Hall–Kier alpha value is -3.12. The first-order chi connectivity index (χ1) is 16.3. The van der Waals surface area contributed by atoms with Crippen LogP contribution in [0.2, 0.25) is 0 Å². The highest BCUT2D eigenvalue weighted by molar-refractivity contribution is 7.92. The highest BCUT2D eigenvalue weighted by Gasteiger charge is 2.20. The molecule has 0 aromatic heterocycles. The van der Waals surface area contributed by atoms with Gasteiger partial charge in [-0.25, -0.2) is 8.42 Å². The van der Waals surface area contributed by atoms with Crippen LogP contribution in [0.3, 0.4) is 0 Å². The van der Waals surface area contributed by atoms with Crippen molar-refractivity contribution in [2.75, 3.05) is 10.6 Å². The summed E-state index contributed by atoms with van der Waals surface area (Å²) in [6.07, 6.45) is 1.21. The SMILES string of the molecule is Cc1ccc(C)c(N(Cc2ccc(C(=O)N[C@@H](C)c3ccc(C(C)(C)C)cc3)cc2)S(C)(=O)=O)c1. The molecule has 0 heterocycles. The molecule has 0 radical (unpaired) electrons. The van der Waals surface area contributed by atoms with E-state index < -0.39 is 10.0 Å². The summed E-state index contributed by atoms with van der Waals surface area (Å²) in [5, 5.41) is 3.05. The molecular weight excluding hydrogens is 456 g/mol. The molecule has 3 aromatic carbocycles. The molecule has 1 amide bonds. The van der Waals surface area contributed by atoms with Gasteiger partial charge in [0, 0.05) is 5.56 Å². The molecule has 0 aliphatic carbocycles. The predicted molar refractivity (Wildman–Crippen MR) is 144 cm³/mol. The molecule has 0 fully saturated rings. The second kappa shape index (κ2) is 10.2. The third-order valence-corrected chi connectivity index (χ3v) is 7.33. The fourth-order valence-electron chi connectivity index (χ4n) is 3.93. The smallest absolute Gasteiger partial charge is 0.251 e. The normalized spacial score (nSPS) is 12.8. The van der Waals surface area contributed by atoms with E-state index in [1.807, 2.05) is 39.0 Å². The first-order valence-corrected chi connectivity index (χ1v) is 13.7. The summed E-state index contributed by atoms with van der Waals surface area (Å²) in [6.45, 7) is 12.5. The number of rotatable bonds is 7. The minimum atomic E-state index is -3.49. The summed E-state index contributed by atoms with van der Waals surface area (Å²) in [7, 11) is -3.49. The van der Waals surface area contributed by atoms with Crippen molar-refractivity contribution in [3.8, 4) is 0 Å². The van der Waals surface area contributed by atoms with Crippen LogP contribution in [-0.2, 0) is 22.0 Å². The maximum atomic E-state index is 12.8. The number of benzene rings is 3. The van der Waals surface area contributed by atoms with E-state index in [1.165, 1.54) is 16.1 Å². The zero-order chi connectivity index (χ0) is 26.0. The number of nitrogens with zero attached hydrogens (tertiary/aromatic N) is 1. The van der Waals surface area contributed by atoms with Crippen LogP contribution < -0.4 is 9.62 Å². The largest absolute Gasteiger partial charge is 0.346 e. The van der Waals surface area contributed by atoms with E-state index >= 15 is 0 Å². The van der Waals surface area contributed by atoms with Crippen molar-refractivity contribution in [2.45, 2.75) is 59.5 Å². The lowest BCUT2D eigenvalue weighted by molar-refractivity contribution is 0.0940. The quantitative estimate of drug-likeness (QED) is 0.436. The van der Waals surface area contributed by atoms with E-state index in [9.17, 15) is 13.2 Å². The minimum absolute atomic E-state index is 0.0808. The number of hydrogen-bond donors (Lipinski definition) is 1. The van der Waals surface area contributed by atoms with Gasteiger partial charge in [0.05, 0.1) is 24.5 Å². The van der Waals surface area contributed by atoms with Crippen molar-refractivity contribution in [2.24, 2.45) is 0 Å². The van der Waals surface area contributed by atoms with Gasteiger partial charge in [-0.2, -0.15) is 0 Å². The zero-order valence-electron chi connectivity index (χ0n) is 21.7. The van der Waals surface area contributed by atoms with Gasteiger partial charge in [-0.05, 0) is 72.2 Å². The van der Waals surface area contributed by atoms with Crippen molar-refractivity contribution >= 4 is 21.6 Å². The van der Waals surface area contributed by atoms with Gasteiger partial charge in [0.2, 0.25) is 10.0 Å². The molecule has 5 nitrogen and oxygen atoms in total. The summed E-state index contributed by atoms with van der Waals surface area (Å²) >= 11 is 0. The summed E-state index contributed by atoms with van der Waals surface area (Å²) in [5.41, 5.74) is 6.26. The molecule has 3 aromatic rings. The van der Waals surface area contributed by atoms with Crippen molar-refractivity contribution in [1.82, 2.24) is 5.32 Å². The Morgan fingerprint density at radius 3 is 2.09 bits per heavy atom. The van der Waals surface area contributed by atoms with E-state index in [4.69, 9.17) is 0 Å². The van der Waals surface area contributed by atoms with Gasteiger partial charge in [-0.15, -0.1) is 0 Å². The van der Waals surface area contributed by atoms with Gasteiger partial charge in [0.15, 0.2) is 0 Å². The molecule has 1 atom stereocenters. The standard InChI is InChI=1S/C29H36N2O3S/c1-20-8-9-21(2)27(18-20)31(35(7,33)34)19-23-10-12-25(13-11-23)28(32)30-22(3)24-14-16-26(17-15-24)29(4,5)6/h8-18,22H,19H2,1-7H3,(H,30,32)/t22-/m0/s1. The number of carbonyl (C=O) groups is 1. The molecule has 3 rings (SSSR count). The van der Waals surface area contributed by atoms with Crippen LogP contribution in [-0.4, -0.2) is 20.6 Å². The van der Waals surface area contributed by atoms with Crippen molar-refractivity contribution in [3.05, 3.63) is 100 Å². The summed E-state index contributed by atoms with van der Waals surface area (Å²) in [4.78, 5) is 12.8. The second-order valence-corrected chi connectivity index (χ2v) is 12.2. The van der Waals surface area contributed by atoms with E-state index in [-0.39, 0.29) is 23.9 Å². The number of nitrogens with one attached hydrogen (secondary N) is 1. The molecule has 35 heavy (non-hydrogen) atoms. The zero-order valence-corrected chi connectivity index (χ0v) is 22.5. The Balaban J connectivity index is 1.73. The van der Waals surface area contributed by atoms with Crippen molar-refractivity contribution in [1.29, 1.82) is 0 Å². The first kappa shape index (κ1) is 26.5. The lowest BCUT2D eigenvalue weighted by atomic mass is 9.86. The summed E-state index contributed by atoms with van der Waals surface area (Å²) in [5.74, 6) is -0.168. The highest BCUT2D eigenvalue weighted by Crippen LogP contribution is 2.27. The number of amides is 1. The molecule has 1 N–H and O–H groups in total. The Labute approximate surface area is 210 Å². The van der Waals surface area contributed by atoms with E-state index in [2.05, 4.69) is 50.4 Å². The topological polar surface area (TPSA) is 66.5 Å². The maximum absolute atomic E-state index is 12.8. The van der Waals surface area contributed by atoms with Gasteiger partial charge < -0.3 is 5.32 Å². The van der Waals surface area contributed by atoms with Gasteiger partial charge in [-0.1, -0.05) is 69.3 Å². The van der Waals surface area contributed by atoms with Gasteiger partial charge >= 0.3 is 0 Å². The Kier molecular flexibility index (Phi) is 7.75. The van der Waals surface area contributed by atoms with Crippen molar-refractivity contribution < 1.29 is 13.2 Å². The molecule has 0 bridgehead atoms. The van der Waals surface area contributed by atoms with Gasteiger partial charge in [-0.3, -0.25) is 9.10 Å². The van der Waals surface area contributed by atoms with Crippen LogP contribution >= 0.6 is 0 Å². The Morgan fingerprint density at radius 1 is 0.943 bits per heavy atom. The molecule has 0 saturated heterocycles. The van der Waals surface area contributed by atoms with Gasteiger partial charge in [0.1, 0.15) is 0 Å². The Bertz CT molecular complexity index is 1290. The Morgan fingerprint density at radius 2 is 1.54 bits per heavy atom. The van der Waals surface area contributed by atoms with Crippen LogP contribution in [0.25, 0.3) is 0 Å². The summed E-state index contributed by atoms with van der Waals surface area (Å²) in [6, 6.07) is 21.1. The third-order valence-electron chi connectivity index (χ3n) is 6.20. The van der Waals surface area contributed by atoms with Gasteiger partial charge in [0.25, 0.3) is 5.91 Å². The van der Waals surface area contributed by atoms with Crippen LogP contribution in [0.5, 0.6) is 0 Å². The van der Waals surface area contributed by atoms with E-state index in [0.29, 0.717) is 11.3 Å². The highest BCUT2D eigenvalue weighted by atomic mass is 32.2. The lowest BCUT2D eigenvalue weighted by Crippen LogP contribution is -2.30. The minimum Gasteiger partial charge on any atom is -0.346 e. The number of anilines is 1. The van der Waals surface area contributed by atoms with Crippen LogP contribution in [0, 0.1) is 13.8 Å². The molecular formula is C29H36N2O3S. The maximum Gasteiger partial charge on any atom is 0.251 e.